The highest BCUT2D eigenvalue weighted by atomic mass is 15.2. The third-order valence-corrected chi connectivity index (χ3v) is 6.14. The van der Waals surface area contributed by atoms with E-state index < -0.39 is 0 Å². The van der Waals surface area contributed by atoms with Crippen molar-refractivity contribution in [1.82, 2.24) is 14.9 Å². The molecule has 23 heavy (non-hydrogen) atoms. The van der Waals surface area contributed by atoms with E-state index in [1.807, 2.05) is 0 Å². The van der Waals surface area contributed by atoms with Gasteiger partial charge in [0.15, 0.2) is 0 Å². The molecule has 0 aromatic carbocycles. The number of likely N-dealkylation sites (tertiary alicyclic amines) is 1. The fourth-order valence-electron chi connectivity index (χ4n) is 4.72. The second-order valence-corrected chi connectivity index (χ2v) is 7.60. The highest BCUT2D eigenvalue weighted by Gasteiger charge is 2.27. The standard InChI is InChI=1S/C19H30N4/c1-2-6-16(7-3-1)18-14-19(21-15-20-18)23-12-8-17(9-13-23)22-10-4-5-11-22/h14-17H,1-13H2. The van der Waals surface area contributed by atoms with Crippen LogP contribution in [0.15, 0.2) is 12.4 Å². The van der Waals surface area contributed by atoms with Gasteiger partial charge in [0.25, 0.3) is 0 Å². The SMILES string of the molecule is c1nc(C2CCCCC2)cc(N2CCC(N3CCCC3)CC2)n1. The molecule has 0 amide bonds. The maximum Gasteiger partial charge on any atom is 0.132 e. The van der Waals surface area contributed by atoms with Gasteiger partial charge in [-0.1, -0.05) is 19.3 Å². The molecule has 0 spiro atoms. The molecule has 4 rings (SSSR count). The number of aromatic nitrogens is 2. The van der Waals surface area contributed by atoms with Crippen LogP contribution in [-0.4, -0.2) is 47.1 Å². The number of rotatable bonds is 3. The molecule has 1 aromatic rings. The molecule has 0 radical (unpaired) electrons. The van der Waals surface area contributed by atoms with Gasteiger partial charge in [-0.25, -0.2) is 9.97 Å². The minimum atomic E-state index is 0.674. The van der Waals surface area contributed by atoms with E-state index in [-0.39, 0.29) is 0 Å². The van der Waals surface area contributed by atoms with Gasteiger partial charge in [-0.3, -0.25) is 0 Å². The van der Waals surface area contributed by atoms with Crippen LogP contribution >= 0.6 is 0 Å². The Morgan fingerprint density at radius 2 is 1.52 bits per heavy atom. The molecule has 0 N–H and O–H groups in total. The Morgan fingerprint density at radius 3 is 2.26 bits per heavy atom. The van der Waals surface area contributed by atoms with Crippen molar-refractivity contribution in [3.05, 3.63) is 18.1 Å². The third-order valence-electron chi connectivity index (χ3n) is 6.14. The van der Waals surface area contributed by atoms with Crippen molar-refractivity contribution < 1.29 is 0 Å². The van der Waals surface area contributed by atoms with Gasteiger partial charge in [-0.2, -0.15) is 0 Å². The lowest BCUT2D eigenvalue weighted by molar-refractivity contribution is 0.207. The van der Waals surface area contributed by atoms with Crippen LogP contribution in [0, 0.1) is 0 Å². The summed E-state index contributed by atoms with van der Waals surface area (Å²) in [4.78, 5) is 14.4. The zero-order valence-corrected chi connectivity index (χ0v) is 14.3. The van der Waals surface area contributed by atoms with E-state index in [0.717, 1.165) is 19.1 Å². The summed E-state index contributed by atoms with van der Waals surface area (Å²) in [6.07, 6.45) is 13.9. The van der Waals surface area contributed by atoms with Gasteiger partial charge >= 0.3 is 0 Å². The fraction of sp³-hybridized carbons (Fsp3) is 0.789. The molecule has 1 aliphatic carbocycles. The molecule has 2 aliphatic heterocycles. The molecule has 2 saturated heterocycles. The number of hydrogen-bond acceptors (Lipinski definition) is 4. The van der Waals surface area contributed by atoms with Crippen molar-refractivity contribution in [3.8, 4) is 0 Å². The smallest absolute Gasteiger partial charge is 0.132 e. The molecule has 3 heterocycles. The number of hydrogen-bond donors (Lipinski definition) is 0. The van der Waals surface area contributed by atoms with Gasteiger partial charge < -0.3 is 9.80 Å². The minimum Gasteiger partial charge on any atom is -0.356 e. The monoisotopic (exact) mass is 314 g/mol. The Labute approximate surface area is 140 Å². The Bertz CT molecular complexity index is 498. The molecular formula is C19H30N4. The Morgan fingerprint density at radius 1 is 0.783 bits per heavy atom. The molecule has 0 unspecified atom stereocenters. The predicted molar refractivity (Wildman–Crippen MR) is 93.9 cm³/mol. The van der Waals surface area contributed by atoms with E-state index in [1.54, 1.807) is 6.33 Å². The first-order valence-electron chi connectivity index (χ1n) is 9.71. The van der Waals surface area contributed by atoms with E-state index in [1.165, 1.54) is 82.4 Å². The first-order valence-corrected chi connectivity index (χ1v) is 9.71. The van der Waals surface area contributed by atoms with E-state index in [4.69, 9.17) is 0 Å². The van der Waals surface area contributed by atoms with Crippen LogP contribution in [0.25, 0.3) is 0 Å². The molecule has 126 valence electrons. The third kappa shape index (κ3) is 3.52. The molecule has 3 fully saturated rings. The summed E-state index contributed by atoms with van der Waals surface area (Å²) in [6, 6.07) is 3.10. The number of piperidine rings is 1. The van der Waals surface area contributed by atoms with Crippen LogP contribution in [0.1, 0.15) is 69.4 Å². The lowest BCUT2D eigenvalue weighted by atomic mass is 9.87. The Hall–Kier alpha value is -1.16. The quantitative estimate of drug-likeness (QED) is 0.853. The van der Waals surface area contributed by atoms with Crippen molar-refractivity contribution in [3.63, 3.8) is 0 Å². The van der Waals surface area contributed by atoms with Crippen molar-refractivity contribution in [1.29, 1.82) is 0 Å². The molecule has 1 aromatic heterocycles. The van der Waals surface area contributed by atoms with Gasteiger partial charge in [0.05, 0.1) is 0 Å². The first-order chi connectivity index (χ1) is 11.4. The predicted octanol–water partition coefficient (Wildman–Crippen LogP) is 3.59. The van der Waals surface area contributed by atoms with Crippen LogP contribution in [0.4, 0.5) is 5.82 Å². The Balaban J connectivity index is 1.38. The first kappa shape index (κ1) is 15.4. The summed E-state index contributed by atoms with van der Waals surface area (Å²) < 4.78 is 0. The number of nitrogens with zero attached hydrogens (tertiary/aromatic N) is 4. The molecule has 4 heteroatoms. The molecule has 3 aliphatic rings. The maximum atomic E-state index is 4.59. The van der Waals surface area contributed by atoms with E-state index in [2.05, 4.69) is 25.8 Å². The minimum absolute atomic E-state index is 0.674. The Kier molecular flexibility index (Phi) is 4.79. The van der Waals surface area contributed by atoms with Gasteiger partial charge in [0, 0.05) is 36.8 Å². The summed E-state index contributed by atoms with van der Waals surface area (Å²) >= 11 is 0. The maximum absolute atomic E-state index is 4.59. The molecule has 1 saturated carbocycles. The van der Waals surface area contributed by atoms with Crippen LogP contribution in [0.2, 0.25) is 0 Å². The van der Waals surface area contributed by atoms with Crippen LogP contribution < -0.4 is 4.90 Å². The van der Waals surface area contributed by atoms with Gasteiger partial charge in [-0.15, -0.1) is 0 Å². The lowest BCUT2D eigenvalue weighted by Crippen LogP contribution is -2.44. The second-order valence-electron chi connectivity index (χ2n) is 7.60. The van der Waals surface area contributed by atoms with Crippen LogP contribution in [0.3, 0.4) is 0 Å². The van der Waals surface area contributed by atoms with Crippen molar-refractivity contribution in [2.75, 3.05) is 31.1 Å². The summed E-state index contributed by atoms with van der Waals surface area (Å²) in [5.41, 5.74) is 1.29. The van der Waals surface area contributed by atoms with Crippen LogP contribution in [-0.2, 0) is 0 Å². The van der Waals surface area contributed by atoms with Gasteiger partial charge in [0.1, 0.15) is 12.1 Å². The molecule has 0 bridgehead atoms. The second kappa shape index (κ2) is 7.16. The van der Waals surface area contributed by atoms with Gasteiger partial charge in [-0.05, 0) is 51.6 Å². The summed E-state index contributed by atoms with van der Waals surface area (Å²) in [7, 11) is 0. The highest BCUT2D eigenvalue weighted by molar-refractivity contribution is 5.40. The lowest BCUT2D eigenvalue weighted by Gasteiger charge is -2.37. The van der Waals surface area contributed by atoms with Crippen molar-refractivity contribution in [2.45, 2.75) is 69.7 Å². The summed E-state index contributed by atoms with van der Waals surface area (Å²) in [6.45, 7) is 4.96. The van der Waals surface area contributed by atoms with Crippen molar-refractivity contribution >= 4 is 5.82 Å². The molecule has 0 atom stereocenters. The molecule has 4 nitrogen and oxygen atoms in total. The topological polar surface area (TPSA) is 32.3 Å². The van der Waals surface area contributed by atoms with Crippen molar-refractivity contribution in [2.24, 2.45) is 0 Å². The summed E-state index contributed by atoms with van der Waals surface area (Å²) in [5, 5.41) is 0. The zero-order valence-electron chi connectivity index (χ0n) is 14.3. The van der Waals surface area contributed by atoms with Gasteiger partial charge in [0.2, 0.25) is 0 Å². The van der Waals surface area contributed by atoms with Crippen LogP contribution in [0.5, 0.6) is 0 Å². The van der Waals surface area contributed by atoms with E-state index in [9.17, 15) is 0 Å². The average Bonchev–Trinajstić information content (AvgIpc) is 3.17. The largest absolute Gasteiger partial charge is 0.356 e. The summed E-state index contributed by atoms with van der Waals surface area (Å²) in [5.74, 6) is 1.84. The van der Waals surface area contributed by atoms with E-state index >= 15 is 0 Å². The fourth-order valence-corrected chi connectivity index (χ4v) is 4.72. The normalized spacial score (nSPS) is 25.1. The highest BCUT2D eigenvalue weighted by Crippen LogP contribution is 2.33. The average molecular weight is 314 g/mol. The molecular weight excluding hydrogens is 284 g/mol. The van der Waals surface area contributed by atoms with E-state index in [0.29, 0.717) is 5.92 Å². The number of anilines is 1. The zero-order chi connectivity index (χ0) is 15.5.